The molecule has 1 aliphatic heterocycles. The highest BCUT2D eigenvalue weighted by Gasteiger charge is 2.25. The van der Waals surface area contributed by atoms with Crippen molar-refractivity contribution in [1.82, 2.24) is 14.9 Å². The van der Waals surface area contributed by atoms with Crippen molar-refractivity contribution >= 4 is 5.91 Å². The minimum absolute atomic E-state index is 0.00741. The van der Waals surface area contributed by atoms with Crippen molar-refractivity contribution in [3.63, 3.8) is 0 Å². The Morgan fingerprint density at radius 2 is 2.20 bits per heavy atom. The van der Waals surface area contributed by atoms with Crippen LogP contribution in [-0.4, -0.2) is 34.7 Å². The standard InChI is InChI=1S/C19H25N3O3/c1-14(2)24-10-6-9-20-19(23)18-16-12-25-17(11-22(16)13-21-18)15-7-4-3-5-8-15/h3-5,7-8,13-14,17H,6,9-12H2,1-2H3,(H,20,23). The van der Waals surface area contributed by atoms with E-state index in [1.165, 1.54) is 0 Å². The lowest BCUT2D eigenvalue weighted by atomic mass is 10.1. The number of benzene rings is 1. The van der Waals surface area contributed by atoms with E-state index >= 15 is 0 Å². The number of nitrogens with one attached hydrogen (secondary N) is 1. The van der Waals surface area contributed by atoms with E-state index in [0.29, 0.717) is 32.0 Å². The topological polar surface area (TPSA) is 65.4 Å². The number of hydrogen-bond donors (Lipinski definition) is 1. The first kappa shape index (κ1) is 17.6. The van der Waals surface area contributed by atoms with E-state index in [9.17, 15) is 4.79 Å². The number of nitrogens with zero attached hydrogens (tertiary/aromatic N) is 2. The van der Waals surface area contributed by atoms with Crippen molar-refractivity contribution < 1.29 is 14.3 Å². The molecule has 0 radical (unpaired) electrons. The van der Waals surface area contributed by atoms with Gasteiger partial charge in [0.1, 0.15) is 6.10 Å². The van der Waals surface area contributed by atoms with Crippen LogP contribution in [0.4, 0.5) is 0 Å². The number of amides is 1. The van der Waals surface area contributed by atoms with Gasteiger partial charge in [-0.05, 0) is 25.8 Å². The lowest BCUT2D eigenvalue weighted by Crippen LogP contribution is -2.28. The summed E-state index contributed by atoms with van der Waals surface area (Å²) in [6.07, 6.45) is 2.72. The molecule has 1 N–H and O–H groups in total. The highest BCUT2D eigenvalue weighted by molar-refractivity contribution is 5.93. The summed E-state index contributed by atoms with van der Waals surface area (Å²) in [5.41, 5.74) is 2.43. The summed E-state index contributed by atoms with van der Waals surface area (Å²) in [5, 5.41) is 2.90. The molecule has 6 nitrogen and oxygen atoms in total. The largest absolute Gasteiger partial charge is 0.379 e. The summed E-state index contributed by atoms with van der Waals surface area (Å²) in [7, 11) is 0. The summed E-state index contributed by atoms with van der Waals surface area (Å²) in [5.74, 6) is -0.153. The van der Waals surface area contributed by atoms with Gasteiger partial charge in [-0.1, -0.05) is 30.3 Å². The highest BCUT2D eigenvalue weighted by atomic mass is 16.5. The molecule has 0 aliphatic carbocycles. The van der Waals surface area contributed by atoms with Crippen molar-refractivity contribution in [2.24, 2.45) is 0 Å². The number of fused-ring (bicyclic) bond motifs is 1. The van der Waals surface area contributed by atoms with E-state index in [-0.39, 0.29) is 18.1 Å². The number of aromatic nitrogens is 2. The van der Waals surface area contributed by atoms with Crippen LogP contribution in [0.3, 0.4) is 0 Å². The van der Waals surface area contributed by atoms with Crippen LogP contribution in [0.1, 0.15) is 48.1 Å². The Bertz CT molecular complexity index is 697. The van der Waals surface area contributed by atoms with Gasteiger partial charge in [0.25, 0.3) is 5.91 Å². The number of carbonyl (C=O) groups excluding carboxylic acids is 1. The van der Waals surface area contributed by atoms with Gasteiger partial charge in [-0.25, -0.2) is 4.98 Å². The molecule has 2 aromatic rings. The molecule has 0 fully saturated rings. The van der Waals surface area contributed by atoms with Crippen molar-refractivity contribution in [1.29, 1.82) is 0 Å². The lowest BCUT2D eigenvalue weighted by Gasteiger charge is -2.25. The minimum Gasteiger partial charge on any atom is -0.379 e. The Morgan fingerprint density at radius 3 is 2.96 bits per heavy atom. The molecular formula is C19H25N3O3. The van der Waals surface area contributed by atoms with Crippen molar-refractivity contribution in [3.05, 3.63) is 53.6 Å². The van der Waals surface area contributed by atoms with E-state index in [1.54, 1.807) is 6.33 Å². The Morgan fingerprint density at radius 1 is 1.40 bits per heavy atom. The summed E-state index contributed by atoms with van der Waals surface area (Å²) in [6, 6.07) is 10.1. The highest BCUT2D eigenvalue weighted by Crippen LogP contribution is 2.27. The Balaban J connectivity index is 1.56. The van der Waals surface area contributed by atoms with Gasteiger partial charge in [0.15, 0.2) is 5.69 Å². The number of rotatable bonds is 7. The maximum atomic E-state index is 12.3. The molecule has 1 aromatic carbocycles. The van der Waals surface area contributed by atoms with E-state index in [2.05, 4.69) is 22.4 Å². The molecule has 0 spiro atoms. The third-order valence-corrected chi connectivity index (χ3v) is 4.17. The minimum atomic E-state index is -0.153. The fourth-order valence-corrected chi connectivity index (χ4v) is 2.86. The molecule has 0 saturated carbocycles. The molecule has 3 rings (SSSR count). The molecule has 1 aliphatic rings. The predicted molar refractivity (Wildman–Crippen MR) is 94.2 cm³/mol. The van der Waals surface area contributed by atoms with Crippen LogP contribution in [0.5, 0.6) is 0 Å². The molecule has 2 heterocycles. The van der Waals surface area contributed by atoms with Crippen molar-refractivity contribution in [3.8, 4) is 0 Å². The van der Waals surface area contributed by atoms with Crippen LogP contribution in [0, 0.1) is 0 Å². The molecular weight excluding hydrogens is 318 g/mol. The fraction of sp³-hybridized carbons (Fsp3) is 0.474. The quantitative estimate of drug-likeness (QED) is 0.785. The summed E-state index contributed by atoms with van der Waals surface area (Å²) >= 11 is 0. The Kier molecular flexibility index (Phi) is 5.83. The molecule has 25 heavy (non-hydrogen) atoms. The van der Waals surface area contributed by atoms with Gasteiger partial charge in [-0.15, -0.1) is 0 Å². The van der Waals surface area contributed by atoms with Gasteiger partial charge in [0.2, 0.25) is 0 Å². The Labute approximate surface area is 148 Å². The maximum absolute atomic E-state index is 12.3. The molecule has 6 heteroatoms. The van der Waals surface area contributed by atoms with Gasteiger partial charge < -0.3 is 19.4 Å². The first-order valence-electron chi connectivity index (χ1n) is 8.75. The molecule has 1 atom stereocenters. The normalized spacial score (nSPS) is 16.7. The zero-order chi connectivity index (χ0) is 17.6. The zero-order valence-electron chi connectivity index (χ0n) is 14.8. The SMILES string of the molecule is CC(C)OCCCNC(=O)c1ncn2c1COC(c1ccccc1)C2. The smallest absolute Gasteiger partial charge is 0.271 e. The van der Waals surface area contributed by atoms with Gasteiger partial charge in [-0.3, -0.25) is 4.79 Å². The maximum Gasteiger partial charge on any atom is 0.271 e. The van der Waals surface area contributed by atoms with Crippen LogP contribution in [-0.2, 0) is 22.6 Å². The molecule has 1 aromatic heterocycles. The Hall–Kier alpha value is -2.18. The first-order valence-corrected chi connectivity index (χ1v) is 8.75. The summed E-state index contributed by atoms with van der Waals surface area (Å²) < 4.78 is 13.4. The third-order valence-electron chi connectivity index (χ3n) is 4.17. The predicted octanol–water partition coefficient (Wildman–Crippen LogP) is 2.70. The molecule has 0 bridgehead atoms. The number of hydrogen-bond acceptors (Lipinski definition) is 4. The molecule has 134 valence electrons. The fourth-order valence-electron chi connectivity index (χ4n) is 2.86. The lowest BCUT2D eigenvalue weighted by molar-refractivity contribution is 0.00257. The second-order valence-corrected chi connectivity index (χ2v) is 6.43. The third kappa shape index (κ3) is 4.46. The molecule has 1 unspecified atom stereocenters. The van der Waals surface area contributed by atoms with E-state index in [4.69, 9.17) is 9.47 Å². The van der Waals surface area contributed by atoms with Crippen molar-refractivity contribution in [2.45, 2.75) is 45.6 Å². The van der Waals surface area contributed by atoms with Crippen LogP contribution >= 0.6 is 0 Å². The van der Waals surface area contributed by atoms with Gasteiger partial charge in [0.05, 0.1) is 31.3 Å². The van der Waals surface area contributed by atoms with E-state index in [1.807, 2.05) is 36.6 Å². The van der Waals surface area contributed by atoms with Gasteiger partial charge in [-0.2, -0.15) is 0 Å². The monoisotopic (exact) mass is 343 g/mol. The molecule has 0 saturated heterocycles. The van der Waals surface area contributed by atoms with Crippen LogP contribution < -0.4 is 5.32 Å². The average Bonchev–Trinajstić information content (AvgIpc) is 3.05. The molecule has 1 amide bonds. The summed E-state index contributed by atoms with van der Waals surface area (Å²) in [6.45, 7) is 6.27. The number of carbonyl (C=O) groups is 1. The second-order valence-electron chi connectivity index (χ2n) is 6.43. The number of imidazole rings is 1. The van der Waals surface area contributed by atoms with Crippen LogP contribution in [0.2, 0.25) is 0 Å². The first-order chi connectivity index (χ1) is 12.1. The zero-order valence-corrected chi connectivity index (χ0v) is 14.8. The average molecular weight is 343 g/mol. The van der Waals surface area contributed by atoms with Gasteiger partial charge in [0, 0.05) is 13.2 Å². The van der Waals surface area contributed by atoms with Crippen LogP contribution in [0.25, 0.3) is 0 Å². The second kappa shape index (κ2) is 8.27. The summed E-state index contributed by atoms with van der Waals surface area (Å²) in [4.78, 5) is 16.6. The van der Waals surface area contributed by atoms with Crippen molar-refractivity contribution in [2.75, 3.05) is 13.2 Å². The van der Waals surface area contributed by atoms with Crippen LogP contribution in [0.15, 0.2) is 36.7 Å². The van der Waals surface area contributed by atoms with Gasteiger partial charge >= 0.3 is 0 Å². The van der Waals surface area contributed by atoms with E-state index < -0.39 is 0 Å². The number of ether oxygens (including phenoxy) is 2. The van der Waals surface area contributed by atoms with E-state index in [0.717, 1.165) is 17.7 Å².